The molecule has 0 atom stereocenters. The maximum absolute atomic E-state index is 5.69. The predicted molar refractivity (Wildman–Crippen MR) is 58.6 cm³/mol. The number of ether oxygens (including phenoxy) is 1. The summed E-state index contributed by atoms with van der Waals surface area (Å²) >= 11 is 0. The maximum Gasteiger partial charge on any atom is 0.123 e. The molecule has 1 aromatic heterocycles. The first-order valence-electron chi connectivity index (χ1n) is 5.44. The van der Waals surface area contributed by atoms with Crippen LogP contribution in [0.3, 0.4) is 0 Å². The molecule has 2 nitrogen and oxygen atoms in total. The standard InChI is InChI=1S/C10H13NO.C2H6/c1-8-7-10(5-6-11-8)12-9-3-2-4-9;1-2/h5-7,9H,2-4H2,1H3;1-2H3. The van der Waals surface area contributed by atoms with Gasteiger partial charge in [-0.1, -0.05) is 13.8 Å². The normalized spacial score (nSPS) is 15.1. The Balaban J connectivity index is 0.000000461. The summed E-state index contributed by atoms with van der Waals surface area (Å²) in [6, 6.07) is 3.91. The number of nitrogens with zero attached hydrogens (tertiary/aromatic N) is 1. The van der Waals surface area contributed by atoms with E-state index in [1.807, 2.05) is 32.9 Å². The van der Waals surface area contributed by atoms with Gasteiger partial charge in [-0.05, 0) is 32.3 Å². The van der Waals surface area contributed by atoms with Crippen molar-refractivity contribution in [2.75, 3.05) is 0 Å². The molecular weight excluding hydrogens is 174 g/mol. The summed E-state index contributed by atoms with van der Waals surface area (Å²) in [6.45, 7) is 5.98. The molecule has 0 aliphatic heterocycles. The molecule has 1 aromatic rings. The molecule has 0 saturated heterocycles. The number of aromatic nitrogens is 1. The molecular formula is C12H19NO. The topological polar surface area (TPSA) is 22.1 Å². The average Bonchev–Trinajstić information content (AvgIpc) is 2.15. The molecule has 1 saturated carbocycles. The lowest BCUT2D eigenvalue weighted by Crippen LogP contribution is -2.24. The number of pyridine rings is 1. The fourth-order valence-electron chi connectivity index (χ4n) is 1.27. The second-order valence-electron chi connectivity index (χ2n) is 3.30. The van der Waals surface area contributed by atoms with E-state index in [2.05, 4.69) is 4.98 Å². The molecule has 0 N–H and O–H groups in total. The van der Waals surface area contributed by atoms with Gasteiger partial charge in [0, 0.05) is 18.0 Å². The summed E-state index contributed by atoms with van der Waals surface area (Å²) < 4.78 is 5.69. The highest BCUT2D eigenvalue weighted by Gasteiger charge is 2.18. The first-order valence-corrected chi connectivity index (χ1v) is 5.44. The molecule has 0 bridgehead atoms. The van der Waals surface area contributed by atoms with Crippen molar-refractivity contribution in [1.82, 2.24) is 4.98 Å². The second kappa shape index (κ2) is 5.63. The third-order valence-corrected chi connectivity index (χ3v) is 2.22. The van der Waals surface area contributed by atoms with Crippen LogP contribution >= 0.6 is 0 Å². The second-order valence-corrected chi connectivity index (χ2v) is 3.30. The lowest BCUT2D eigenvalue weighted by Gasteiger charge is -2.26. The van der Waals surface area contributed by atoms with Crippen molar-refractivity contribution in [1.29, 1.82) is 0 Å². The van der Waals surface area contributed by atoms with Crippen molar-refractivity contribution in [3.8, 4) is 5.75 Å². The van der Waals surface area contributed by atoms with E-state index in [0.29, 0.717) is 6.10 Å². The lowest BCUT2D eigenvalue weighted by molar-refractivity contribution is 0.120. The number of hydrogen-bond donors (Lipinski definition) is 0. The molecule has 2 rings (SSSR count). The number of aryl methyl sites for hydroxylation is 1. The molecule has 0 amide bonds. The Hall–Kier alpha value is -1.05. The van der Waals surface area contributed by atoms with Crippen molar-refractivity contribution in [3.05, 3.63) is 24.0 Å². The van der Waals surface area contributed by atoms with Crippen LogP contribution in [0.15, 0.2) is 18.3 Å². The van der Waals surface area contributed by atoms with E-state index in [9.17, 15) is 0 Å². The summed E-state index contributed by atoms with van der Waals surface area (Å²) in [6.07, 6.45) is 5.99. The lowest BCUT2D eigenvalue weighted by atomic mass is 9.96. The Kier molecular flexibility index (Phi) is 4.44. The summed E-state index contributed by atoms with van der Waals surface area (Å²) in [5, 5.41) is 0. The highest BCUT2D eigenvalue weighted by atomic mass is 16.5. The molecule has 1 aliphatic rings. The van der Waals surface area contributed by atoms with E-state index in [4.69, 9.17) is 4.74 Å². The van der Waals surface area contributed by atoms with Gasteiger partial charge in [0.2, 0.25) is 0 Å². The molecule has 1 fully saturated rings. The zero-order valence-corrected chi connectivity index (χ0v) is 9.29. The zero-order valence-electron chi connectivity index (χ0n) is 9.29. The van der Waals surface area contributed by atoms with Crippen molar-refractivity contribution in [2.24, 2.45) is 0 Å². The quantitative estimate of drug-likeness (QED) is 0.718. The van der Waals surface area contributed by atoms with Gasteiger partial charge in [-0.15, -0.1) is 0 Å². The van der Waals surface area contributed by atoms with Gasteiger partial charge in [-0.2, -0.15) is 0 Å². The van der Waals surface area contributed by atoms with Crippen molar-refractivity contribution in [3.63, 3.8) is 0 Å². The molecule has 0 spiro atoms. The van der Waals surface area contributed by atoms with Gasteiger partial charge >= 0.3 is 0 Å². The van der Waals surface area contributed by atoms with Crippen molar-refractivity contribution >= 4 is 0 Å². The Morgan fingerprint density at radius 1 is 1.36 bits per heavy atom. The summed E-state index contributed by atoms with van der Waals surface area (Å²) in [5.41, 5.74) is 1.02. The Morgan fingerprint density at radius 2 is 2.07 bits per heavy atom. The van der Waals surface area contributed by atoms with E-state index < -0.39 is 0 Å². The first kappa shape index (κ1) is 11.0. The molecule has 0 aromatic carbocycles. The molecule has 2 heteroatoms. The van der Waals surface area contributed by atoms with Crippen LogP contribution in [0.5, 0.6) is 5.75 Å². The van der Waals surface area contributed by atoms with Gasteiger partial charge in [0.1, 0.15) is 5.75 Å². The highest BCUT2D eigenvalue weighted by Crippen LogP contribution is 2.24. The highest BCUT2D eigenvalue weighted by molar-refractivity contribution is 5.22. The predicted octanol–water partition coefficient (Wildman–Crippen LogP) is 3.35. The molecule has 1 heterocycles. The first-order chi connectivity index (χ1) is 6.84. The number of rotatable bonds is 2. The van der Waals surface area contributed by atoms with Crippen LogP contribution in [-0.2, 0) is 0 Å². The van der Waals surface area contributed by atoms with Gasteiger partial charge in [0.15, 0.2) is 0 Å². The fraction of sp³-hybridized carbons (Fsp3) is 0.583. The molecule has 14 heavy (non-hydrogen) atoms. The minimum absolute atomic E-state index is 0.465. The zero-order chi connectivity index (χ0) is 10.4. The van der Waals surface area contributed by atoms with Crippen LogP contribution in [0.4, 0.5) is 0 Å². The van der Waals surface area contributed by atoms with Gasteiger partial charge in [0.05, 0.1) is 6.10 Å². The summed E-state index contributed by atoms with van der Waals surface area (Å²) in [4.78, 5) is 4.11. The van der Waals surface area contributed by atoms with Gasteiger partial charge in [-0.3, -0.25) is 4.98 Å². The minimum Gasteiger partial charge on any atom is -0.490 e. The fourth-order valence-corrected chi connectivity index (χ4v) is 1.27. The van der Waals surface area contributed by atoms with Gasteiger partial charge in [-0.25, -0.2) is 0 Å². The van der Waals surface area contributed by atoms with Crippen LogP contribution in [0, 0.1) is 6.92 Å². The maximum atomic E-state index is 5.69. The average molecular weight is 193 g/mol. The van der Waals surface area contributed by atoms with Gasteiger partial charge < -0.3 is 4.74 Å². The van der Waals surface area contributed by atoms with Crippen LogP contribution in [0.2, 0.25) is 0 Å². The molecule has 0 radical (unpaired) electrons. The Labute approximate surface area is 86.3 Å². The SMILES string of the molecule is CC.Cc1cc(OC2CCC2)ccn1. The minimum atomic E-state index is 0.465. The van der Waals surface area contributed by atoms with E-state index in [1.54, 1.807) is 6.20 Å². The molecule has 0 unspecified atom stereocenters. The van der Waals surface area contributed by atoms with Crippen LogP contribution < -0.4 is 4.74 Å². The van der Waals surface area contributed by atoms with Crippen molar-refractivity contribution in [2.45, 2.75) is 46.1 Å². The van der Waals surface area contributed by atoms with Crippen molar-refractivity contribution < 1.29 is 4.74 Å². The van der Waals surface area contributed by atoms with Gasteiger partial charge in [0.25, 0.3) is 0 Å². The molecule has 1 aliphatic carbocycles. The summed E-state index contributed by atoms with van der Waals surface area (Å²) in [5.74, 6) is 0.965. The monoisotopic (exact) mass is 193 g/mol. The smallest absolute Gasteiger partial charge is 0.123 e. The van der Waals surface area contributed by atoms with Crippen LogP contribution in [0.25, 0.3) is 0 Å². The van der Waals surface area contributed by atoms with Crippen LogP contribution in [-0.4, -0.2) is 11.1 Å². The largest absolute Gasteiger partial charge is 0.490 e. The van der Waals surface area contributed by atoms with E-state index in [0.717, 1.165) is 11.4 Å². The van der Waals surface area contributed by atoms with E-state index in [1.165, 1.54) is 19.3 Å². The van der Waals surface area contributed by atoms with E-state index in [-0.39, 0.29) is 0 Å². The molecule has 78 valence electrons. The Bertz CT molecular complexity index is 269. The third-order valence-electron chi connectivity index (χ3n) is 2.22. The number of hydrogen-bond acceptors (Lipinski definition) is 2. The summed E-state index contributed by atoms with van der Waals surface area (Å²) in [7, 11) is 0. The van der Waals surface area contributed by atoms with Crippen LogP contribution in [0.1, 0.15) is 38.8 Å². The Morgan fingerprint density at radius 3 is 2.57 bits per heavy atom. The van der Waals surface area contributed by atoms with E-state index >= 15 is 0 Å². The third kappa shape index (κ3) is 3.02.